The van der Waals surface area contributed by atoms with Crippen LogP contribution in [0.5, 0.6) is 0 Å². The summed E-state index contributed by atoms with van der Waals surface area (Å²) < 4.78 is 51.8. The first-order chi connectivity index (χ1) is 12.8. The van der Waals surface area contributed by atoms with Crippen LogP contribution in [0.4, 0.5) is 17.6 Å². The lowest BCUT2D eigenvalue weighted by Gasteiger charge is -2.18. The van der Waals surface area contributed by atoms with E-state index in [1.165, 1.54) is 24.4 Å². The lowest BCUT2D eigenvalue weighted by molar-refractivity contribution is -0.137. The smallest absolute Gasteiger partial charge is 0.394 e. The highest BCUT2D eigenvalue weighted by Crippen LogP contribution is 2.30. The molecule has 0 spiro atoms. The first-order valence-electron chi connectivity index (χ1n) is 7.93. The first-order valence-corrected chi connectivity index (χ1v) is 7.93. The molecule has 0 saturated heterocycles. The maximum absolute atomic E-state index is 13.8. The summed E-state index contributed by atoms with van der Waals surface area (Å²) in [5.74, 6) is -1.33. The zero-order valence-corrected chi connectivity index (χ0v) is 13.8. The minimum Gasteiger partial charge on any atom is -0.394 e. The van der Waals surface area contributed by atoms with Crippen molar-refractivity contribution in [3.05, 3.63) is 77.2 Å². The molecule has 4 nitrogen and oxygen atoms in total. The van der Waals surface area contributed by atoms with Crippen LogP contribution in [0.1, 0.15) is 27.5 Å². The zero-order chi connectivity index (χ0) is 19.6. The quantitative estimate of drug-likeness (QED) is 0.678. The number of amides is 1. The third-order valence-electron chi connectivity index (χ3n) is 4.04. The van der Waals surface area contributed by atoms with E-state index < -0.39 is 36.1 Å². The number of halogens is 4. The number of carbonyl (C=O) groups is 1. The Morgan fingerprint density at radius 2 is 1.85 bits per heavy atom. The molecule has 0 radical (unpaired) electrons. The fraction of sp³-hybridized carbons (Fsp3) is 0.158. The molecule has 1 heterocycles. The van der Waals surface area contributed by atoms with Gasteiger partial charge in [0, 0.05) is 11.6 Å². The van der Waals surface area contributed by atoms with E-state index in [4.69, 9.17) is 0 Å². The average molecular weight is 378 g/mol. The summed E-state index contributed by atoms with van der Waals surface area (Å²) in [6.45, 7) is -0.544. The number of hydrogen-bond acceptors (Lipinski definition) is 3. The number of pyridine rings is 1. The molecular formula is C19H14F4N2O2. The Morgan fingerprint density at radius 1 is 1.15 bits per heavy atom. The number of aliphatic hydroxyl groups is 1. The molecule has 0 unspecified atom stereocenters. The summed E-state index contributed by atoms with van der Waals surface area (Å²) in [7, 11) is 0. The van der Waals surface area contributed by atoms with Gasteiger partial charge >= 0.3 is 6.18 Å². The van der Waals surface area contributed by atoms with Crippen molar-refractivity contribution >= 4 is 16.8 Å². The Morgan fingerprint density at radius 3 is 2.48 bits per heavy atom. The van der Waals surface area contributed by atoms with Crippen LogP contribution in [-0.4, -0.2) is 22.6 Å². The van der Waals surface area contributed by atoms with E-state index in [-0.39, 0.29) is 16.6 Å². The molecule has 2 aromatic carbocycles. The van der Waals surface area contributed by atoms with Gasteiger partial charge in [-0.1, -0.05) is 18.2 Å². The Balaban J connectivity index is 1.88. The molecule has 1 atom stereocenters. The summed E-state index contributed by atoms with van der Waals surface area (Å²) in [4.78, 5) is 16.6. The maximum atomic E-state index is 13.8. The van der Waals surface area contributed by atoms with Gasteiger partial charge in [-0.2, -0.15) is 13.2 Å². The van der Waals surface area contributed by atoms with Gasteiger partial charge in [-0.3, -0.25) is 9.78 Å². The molecule has 27 heavy (non-hydrogen) atoms. The summed E-state index contributed by atoms with van der Waals surface area (Å²) in [5.41, 5.74) is -0.307. The van der Waals surface area contributed by atoms with E-state index in [1.807, 2.05) is 0 Å². The second kappa shape index (κ2) is 7.32. The number of alkyl halides is 3. The lowest BCUT2D eigenvalue weighted by Crippen LogP contribution is -2.31. The molecule has 0 bridgehead atoms. The monoisotopic (exact) mass is 378 g/mol. The molecule has 0 aliphatic carbocycles. The van der Waals surface area contributed by atoms with Crippen LogP contribution < -0.4 is 5.32 Å². The molecule has 8 heteroatoms. The largest absolute Gasteiger partial charge is 0.416 e. The summed E-state index contributed by atoms with van der Waals surface area (Å²) in [6.07, 6.45) is -3.03. The van der Waals surface area contributed by atoms with Gasteiger partial charge in [-0.05, 0) is 35.9 Å². The van der Waals surface area contributed by atoms with Crippen molar-refractivity contribution in [2.45, 2.75) is 12.2 Å². The second-order valence-electron chi connectivity index (χ2n) is 5.86. The third-order valence-corrected chi connectivity index (χ3v) is 4.04. The van der Waals surface area contributed by atoms with Gasteiger partial charge in [0.25, 0.3) is 5.91 Å². The van der Waals surface area contributed by atoms with E-state index in [2.05, 4.69) is 10.3 Å². The highest BCUT2D eigenvalue weighted by Gasteiger charge is 2.30. The fourth-order valence-electron chi connectivity index (χ4n) is 2.70. The maximum Gasteiger partial charge on any atom is 0.416 e. The second-order valence-corrected chi connectivity index (χ2v) is 5.86. The molecule has 0 aliphatic rings. The van der Waals surface area contributed by atoms with Gasteiger partial charge in [0.15, 0.2) is 0 Å². The standard InChI is InChI=1S/C19H14F4N2O2/c20-14-8-12-2-1-7-24-17(12)15(9-14)18(27)25-16(10-26)11-3-5-13(6-4-11)19(21,22)23/h1-9,16,26H,10H2,(H,25,27)/t16-/m1/s1. The topological polar surface area (TPSA) is 62.2 Å². The Bertz CT molecular complexity index is 972. The predicted octanol–water partition coefficient (Wildman–Crippen LogP) is 3.86. The number of benzene rings is 2. The fourth-order valence-corrected chi connectivity index (χ4v) is 2.70. The predicted molar refractivity (Wildman–Crippen MR) is 90.4 cm³/mol. The van der Waals surface area contributed by atoms with Crippen LogP contribution >= 0.6 is 0 Å². The molecule has 0 saturated carbocycles. The Labute approximate surface area is 151 Å². The van der Waals surface area contributed by atoms with Crippen molar-refractivity contribution < 1.29 is 27.5 Å². The Hall–Kier alpha value is -3.00. The molecule has 0 fully saturated rings. The van der Waals surface area contributed by atoms with Gasteiger partial charge in [0.05, 0.1) is 29.3 Å². The van der Waals surface area contributed by atoms with Crippen LogP contribution in [0, 0.1) is 5.82 Å². The van der Waals surface area contributed by atoms with E-state index in [0.29, 0.717) is 5.39 Å². The van der Waals surface area contributed by atoms with Crippen molar-refractivity contribution in [3.8, 4) is 0 Å². The van der Waals surface area contributed by atoms with E-state index in [1.54, 1.807) is 12.1 Å². The van der Waals surface area contributed by atoms with E-state index in [0.717, 1.165) is 18.2 Å². The van der Waals surface area contributed by atoms with Crippen LogP contribution in [0.15, 0.2) is 54.7 Å². The summed E-state index contributed by atoms with van der Waals surface area (Å²) in [6, 6.07) is 8.57. The van der Waals surface area contributed by atoms with Crippen LogP contribution in [-0.2, 0) is 6.18 Å². The number of aliphatic hydroxyl groups excluding tert-OH is 1. The zero-order valence-electron chi connectivity index (χ0n) is 13.8. The third kappa shape index (κ3) is 4.06. The van der Waals surface area contributed by atoms with Gasteiger partial charge < -0.3 is 10.4 Å². The van der Waals surface area contributed by atoms with Gasteiger partial charge in [0.1, 0.15) is 5.82 Å². The van der Waals surface area contributed by atoms with Crippen LogP contribution in [0.2, 0.25) is 0 Å². The molecule has 1 amide bonds. The number of nitrogens with zero attached hydrogens (tertiary/aromatic N) is 1. The van der Waals surface area contributed by atoms with Gasteiger partial charge in [0.2, 0.25) is 0 Å². The molecule has 0 aliphatic heterocycles. The van der Waals surface area contributed by atoms with E-state index >= 15 is 0 Å². The van der Waals surface area contributed by atoms with Crippen LogP contribution in [0.3, 0.4) is 0 Å². The number of hydrogen-bond donors (Lipinski definition) is 2. The highest BCUT2D eigenvalue weighted by molar-refractivity contribution is 6.05. The summed E-state index contributed by atoms with van der Waals surface area (Å²) >= 11 is 0. The van der Waals surface area contributed by atoms with Crippen LogP contribution in [0.25, 0.3) is 10.9 Å². The van der Waals surface area contributed by atoms with Crippen molar-refractivity contribution in [3.63, 3.8) is 0 Å². The highest BCUT2D eigenvalue weighted by atomic mass is 19.4. The van der Waals surface area contributed by atoms with Crippen molar-refractivity contribution in [1.29, 1.82) is 0 Å². The molecule has 140 valence electrons. The molecule has 1 aromatic heterocycles. The Kier molecular flexibility index (Phi) is 5.09. The first kappa shape index (κ1) is 18.8. The number of carbonyl (C=O) groups excluding carboxylic acids is 1. The van der Waals surface area contributed by atoms with Gasteiger partial charge in [-0.15, -0.1) is 0 Å². The summed E-state index contributed by atoms with van der Waals surface area (Å²) in [5, 5.41) is 12.5. The minimum atomic E-state index is -4.48. The molecule has 3 aromatic rings. The van der Waals surface area contributed by atoms with Crippen molar-refractivity contribution in [1.82, 2.24) is 10.3 Å². The van der Waals surface area contributed by atoms with E-state index in [9.17, 15) is 27.5 Å². The molecule has 3 rings (SSSR count). The average Bonchev–Trinajstić information content (AvgIpc) is 2.64. The number of rotatable bonds is 4. The minimum absolute atomic E-state index is 0.0315. The van der Waals surface area contributed by atoms with Crippen molar-refractivity contribution in [2.75, 3.05) is 6.61 Å². The lowest BCUT2D eigenvalue weighted by atomic mass is 10.0. The number of fused-ring (bicyclic) bond motifs is 1. The molecule has 2 N–H and O–H groups in total. The SMILES string of the molecule is O=C(N[C@H](CO)c1ccc(C(F)(F)F)cc1)c1cc(F)cc2cccnc12. The number of nitrogens with one attached hydrogen (secondary N) is 1. The van der Waals surface area contributed by atoms with Gasteiger partial charge in [-0.25, -0.2) is 4.39 Å². The van der Waals surface area contributed by atoms with Crippen molar-refractivity contribution in [2.24, 2.45) is 0 Å². The number of aromatic nitrogens is 1. The molecular weight excluding hydrogens is 364 g/mol. The normalized spacial score (nSPS) is 12.8.